The second kappa shape index (κ2) is 8.60. The number of aliphatic hydroxyl groups excluding tert-OH is 1. The molecule has 0 bridgehead atoms. The molecule has 1 aliphatic carbocycles. The SMILES string of the molecule is CC1=CC(SCCCCCCO)=C(C)C=CC1. The van der Waals surface area contributed by atoms with Crippen molar-refractivity contribution in [3.05, 3.63) is 34.3 Å². The van der Waals surface area contributed by atoms with Crippen molar-refractivity contribution in [3.63, 3.8) is 0 Å². The second-order valence-electron chi connectivity index (χ2n) is 4.63. The number of unbranched alkanes of at least 4 members (excludes halogenated alkanes) is 3. The number of thioether (sulfide) groups is 1. The number of hydrogen-bond donors (Lipinski definition) is 1. The fourth-order valence-corrected chi connectivity index (χ4v) is 2.95. The topological polar surface area (TPSA) is 20.2 Å². The molecule has 0 aromatic rings. The van der Waals surface area contributed by atoms with Crippen LogP contribution in [0.5, 0.6) is 0 Å². The summed E-state index contributed by atoms with van der Waals surface area (Å²) in [6, 6.07) is 0. The van der Waals surface area contributed by atoms with E-state index in [1.54, 1.807) is 0 Å². The Kier molecular flexibility index (Phi) is 7.38. The van der Waals surface area contributed by atoms with E-state index < -0.39 is 0 Å². The van der Waals surface area contributed by atoms with Gasteiger partial charge in [-0.15, -0.1) is 11.8 Å². The average molecular weight is 252 g/mol. The molecule has 0 aromatic heterocycles. The first-order chi connectivity index (χ1) is 8.24. The minimum Gasteiger partial charge on any atom is -0.396 e. The highest BCUT2D eigenvalue weighted by Crippen LogP contribution is 2.27. The summed E-state index contributed by atoms with van der Waals surface area (Å²) in [4.78, 5) is 1.43. The van der Waals surface area contributed by atoms with E-state index in [1.807, 2.05) is 11.8 Å². The molecule has 0 aromatic carbocycles. The van der Waals surface area contributed by atoms with Crippen LogP contribution in [0.1, 0.15) is 46.0 Å². The molecule has 0 spiro atoms. The Labute approximate surface area is 110 Å². The smallest absolute Gasteiger partial charge is 0.0431 e. The molecule has 1 nitrogen and oxygen atoms in total. The highest BCUT2D eigenvalue weighted by atomic mass is 32.2. The Balaban J connectivity index is 2.30. The fraction of sp³-hybridized carbons (Fsp3) is 0.600. The predicted molar refractivity (Wildman–Crippen MR) is 78.2 cm³/mol. The fourth-order valence-electron chi connectivity index (χ4n) is 1.81. The minimum absolute atomic E-state index is 0.337. The van der Waals surface area contributed by atoms with Gasteiger partial charge in [-0.1, -0.05) is 30.6 Å². The first-order valence-corrected chi connectivity index (χ1v) is 7.51. The van der Waals surface area contributed by atoms with Crippen molar-refractivity contribution < 1.29 is 5.11 Å². The van der Waals surface area contributed by atoms with Gasteiger partial charge in [0.2, 0.25) is 0 Å². The monoisotopic (exact) mass is 252 g/mol. The van der Waals surface area contributed by atoms with Gasteiger partial charge >= 0.3 is 0 Å². The standard InChI is InChI=1S/C15H24OS/c1-13-8-7-9-14(2)15(12-13)17-11-6-4-3-5-10-16/h7,9,12,16H,3-6,8,10-11H2,1-2H3. The quantitative estimate of drug-likeness (QED) is 0.675. The van der Waals surface area contributed by atoms with Crippen LogP contribution in [0.25, 0.3) is 0 Å². The van der Waals surface area contributed by atoms with Gasteiger partial charge in [0.25, 0.3) is 0 Å². The lowest BCUT2D eigenvalue weighted by Gasteiger charge is -2.05. The Bertz CT molecular complexity index is 313. The van der Waals surface area contributed by atoms with Crippen molar-refractivity contribution >= 4 is 11.8 Å². The third-order valence-electron chi connectivity index (χ3n) is 2.88. The van der Waals surface area contributed by atoms with Crippen LogP contribution in [-0.4, -0.2) is 17.5 Å². The summed E-state index contributed by atoms with van der Waals surface area (Å²) in [6.45, 7) is 4.73. The molecule has 0 heterocycles. The highest BCUT2D eigenvalue weighted by Gasteiger charge is 2.03. The van der Waals surface area contributed by atoms with Crippen LogP contribution in [0.2, 0.25) is 0 Å². The lowest BCUT2D eigenvalue weighted by Crippen LogP contribution is -1.87. The summed E-state index contributed by atoms with van der Waals surface area (Å²) in [5.41, 5.74) is 2.84. The molecular weight excluding hydrogens is 228 g/mol. The van der Waals surface area contributed by atoms with Gasteiger partial charge in [0.05, 0.1) is 0 Å². The van der Waals surface area contributed by atoms with Crippen molar-refractivity contribution in [3.8, 4) is 0 Å². The molecular formula is C15H24OS. The second-order valence-corrected chi connectivity index (χ2v) is 5.77. The third kappa shape index (κ3) is 6.13. The van der Waals surface area contributed by atoms with Gasteiger partial charge in [-0.25, -0.2) is 0 Å². The number of rotatable bonds is 7. The van der Waals surface area contributed by atoms with E-state index in [0.717, 1.165) is 19.3 Å². The maximum Gasteiger partial charge on any atom is 0.0431 e. The molecule has 0 fully saturated rings. The van der Waals surface area contributed by atoms with Gasteiger partial charge < -0.3 is 5.11 Å². The molecule has 1 N–H and O–H groups in total. The highest BCUT2D eigenvalue weighted by molar-refractivity contribution is 8.03. The lowest BCUT2D eigenvalue weighted by molar-refractivity contribution is 0.283. The summed E-state index contributed by atoms with van der Waals surface area (Å²) in [7, 11) is 0. The van der Waals surface area contributed by atoms with Crippen LogP contribution in [0.3, 0.4) is 0 Å². The maximum absolute atomic E-state index is 8.69. The summed E-state index contributed by atoms with van der Waals surface area (Å²) >= 11 is 1.97. The maximum atomic E-state index is 8.69. The van der Waals surface area contributed by atoms with E-state index in [-0.39, 0.29) is 0 Å². The molecule has 0 saturated heterocycles. The van der Waals surface area contributed by atoms with Gasteiger partial charge in [-0.2, -0.15) is 0 Å². The zero-order valence-corrected chi connectivity index (χ0v) is 11.9. The first kappa shape index (κ1) is 14.6. The number of aliphatic hydroxyl groups is 1. The first-order valence-electron chi connectivity index (χ1n) is 6.52. The van der Waals surface area contributed by atoms with E-state index in [2.05, 4.69) is 32.1 Å². The van der Waals surface area contributed by atoms with Crippen molar-refractivity contribution in [2.45, 2.75) is 46.0 Å². The number of hydrogen-bond acceptors (Lipinski definition) is 2. The largest absolute Gasteiger partial charge is 0.396 e. The summed E-state index contributed by atoms with van der Waals surface area (Å²) in [5, 5.41) is 8.69. The predicted octanol–water partition coefficient (Wildman–Crippen LogP) is 4.45. The average Bonchev–Trinajstić information content (AvgIpc) is 2.46. The minimum atomic E-state index is 0.337. The van der Waals surface area contributed by atoms with Crippen molar-refractivity contribution in [2.24, 2.45) is 0 Å². The Morgan fingerprint density at radius 1 is 1.18 bits per heavy atom. The zero-order chi connectivity index (χ0) is 12.5. The van der Waals surface area contributed by atoms with Gasteiger partial charge in [0.15, 0.2) is 0 Å². The zero-order valence-electron chi connectivity index (χ0n) is 11.0. The molecule has 0 aliphatic heterocycles. The van der Waals surface area contributed by atoms with E-state index in [1.165, 1.54) is 34.6 Å². The summed E-state index contributed by atoms with van der Waals surface area (Å²) in [6.07, 6.45) is 12.5. The molecule has 1 rings (SSSR count). The molecule has 0 saturated carbocycles. The molecule has 0 atom stereocenters. The lowest BCUT2D eigenvalue weighted by atomic mass is 10.2. The van der Waals surface area contributed by atoms with Crippen LogP contribution >= 0.6 is 11.8 Å². The van der Waals surface area contributed by atoms with Crippen LogP contribution in [0.15, 0.2) is 34.3 Å². The van der Waals surface area contributed by atoms with Crippen LogP contribution < -0.4 is 0 Å². The Morgan fingerprint density at radius 3 is 2.71 bits per heavy atom. The van der Waals surface area contributed by atoms with E-state index >= 15 is 0 Å². The van der Waals surface area contributed by atoms with E-state index in [9.17, 15) is 0 Å². The molecule has 0 radical (unpaired) electrons. The van der Waals surface area contributed by atoms with Crippen LogP contribution in [0, 0.1) is 0 Å². The van der Waals surface area contributed by atoms with Crippen LogP contribution in [-0.2, 0) is 0 Å². The van der Waals surface area contributed by atoms with Gasteiger partial charge in [0, 0.05) is 11.5 Å². The molecule has 2 heteroatoms. The van der Waals surface area contributed by atoms with Gasteiger partial charge in [-0.05, 0) is 50.5 Å². The van der Waals surface area contributed by atoms with E-state index in [4.69, 9.17) is 5.11 Å². The Hall–Kier alpha value is -0.470. The molecule has 17 heavy (non-hydrogen) atoms. The third-order valence-corrected chi connectivity index (χ3v) is 4.13. The van der Waals surface area contributed by atoms with Gasteiger partial charge in [0.1, 0.15) is 0 Å². The van der Waals surface area contributed by atoms with Crippen LogP contribution in [0.4, 0.5) is 0 Å². The van der Waals surface area contributed by atoms with Gasteiger partial charge in [-0.3, -0.25) is 0 Å². The van der Waals surface area contributed by atoms with Crippen molar-refractivity contribution in [1.82, 2.24) is 0 Å². The number of allylic oxidation sites excluding steroid dienone is 5. The van der Waals surface area contributed by atoms with Crippen molar-refractivity contribution in [1.29, 1.82) is 0 Å². The summed E-state index contributed by atoms with van der Waals surface area (Å²) in [5.74, 6) is 1.19. The molecule has 0 unspecified atom stereocenters. The Morgan fingerprint density at radius 2 is 1.94 bits per heavy atom. The van der Waals surface area contributed by atoms with Crippen molar-refractivity contribution in [2.75, 3.05) is 12.4 Å². The molecule has 1 aliphatic rings. The summed E-state index contributed by atoms with van der Waals surface area (Å²) < 4.78 is 0. The normalized spacial score (nSPS) is 16.1. The van der Waals surface area contributed by atoms with E-state index in [0.29, 0.717) is 6.61 Å². The molecule has 0 amide bonds. The molecule has 96 valence electrons.